The van der Waals surface area contributed by atoms with Gasteiger partial charge in [0.2, 0.25) is 0 Å². The predicted molar refractivity (Wildman–Crippen MR) is 81.6 cm³/mol. The van der Waals surface area contributed by atoms with Gasteiger partial charge in [-0.3, -0.25) is 0 Å². The van der Waals surface area contributed by atoms with E-state index in [1.807, 2.05) is 12.1 Å². The first-order valence-corrected chi connectivity index (χ1v) is 7.12. The average Bonchev–Trinajstić information content (AvgIpc) is 2.44. The van der Waals surface area contributed by atoms with Crippen LogP contribution in [0.25, 0.3) is 0 Å². The summed E-state index contributed by atoms with van der Waals surface area (Å²) in [6.45, 7) is 4.32. The van der Waals surface area contributed by atoms with E-state index in [1.54, 1.807) is 14.2 Å². The number of hydrogen-bond donors (Lipinski definition) is 0. The molecule has 19 heavy (non-hydrogen) atoms. The molecule has 1 unspecified atom stereocenters. The fourth-order valence-electron chi connectivity index (χ4n) is 2.12. The molecule has 1 rings (SSSR count). The minimum absolute atomic E-state index is 0.412. The van der Waals surface area contributed by atoms with Crippen LogP contribution in [0.5, 0.6) is 11.5 Å². The Morgan fingerprint density at radius 2 is 1.74 bits per heavy atom. The van der Waals surface area contributed by atoms with E-state index in [1.165, 1.54) is 0 Å². The van der Waals surface area contributed by atoms with Crippen LogP contribution in [0, 0.1) is 0 Å². The second-order valence-corrected chi connectivity index (χ2v) is 4.86. The summed E-state index contributed by atoms with van der Waals surface area (Å²) in [5.41, 5.74) is 1.13. The van der Waals surface area contributed by atoms with Crippen molar-refractivity contribution >= 4 is 11.6 Å². The molecule has 0 bridgehead atoms. The lowest BCUT2D eigenvalue weighted by atomic mass is 9.92. The van der Waals surface area contributed by atoms with E-state index < -0.39 is 0 Å². The summed E-state index contributed by atoms with van der Waals surface area (Å²) in [4.78, 5) is 0. The Bertz CT molecular complexity index is 427. The minimum Gasteiger partial charge on any atom is -0.493 e. The first-order chi connectivity index (χ1) is 9.17. The normalized spacial score (nSPS) is 12.7. The van der Waals surface area contributed by atoms with Crippen LogP contribution < -0.4 is 9.47 Å². The number of methoxy groups -OCH3 is 2. The lowest BCUT2D eigenvalue weighted by Gasteiger charge is -2.18. The Balaban J connectivity index is 3.05. The summed E-state index contributed by atoms with van der Waals surface area (Å²) >= 11 is 6.36. The molecule has 2 nitrogen and oxygen atoms in total. The van der Waals surface area contributed by atoms with Crippen LogP contribution in [-0.2, 0) is 0 Å². The lowest BCUT2D eigenvalue weighted by molar-refractivity contribution is 0.354. The van der Waals surface area contributed by atoms with Gasteiger partial charge in [0, 0.05) is 11.1 Å². The summed E-state index contributed by atoms with van der Waals surface area (Å²) in [6.07, 6.45) is 7.53. The highest BCUT2D eigenvalue weighted by Gasteiger charge is 2.16. The Labute approximate surface area is 121 Å². The second kappa shape index (κ2) is 8.11. The van der Waals surface area contributed by atoms with E-state index in [4.69, 9.17) is 21.1 Å². The minimum atomic E-state index is 0.412. The molecule has 1 atom stereocenters. The fourth-order valence-corrected chi connectivity index (χ4v) is 2.43. The predicted octanol–water partition coefficient (Wildman–Crippen LogP) is 5.21. The Kier molecular flexibility index (Phi) is 6.79. The smallest absolute Gasteiger partial charge is 0.162 e. The molecule has 0 saturated carbocycles. The van der Waals surface area contributed by atoms with Gasteiger partial charge in [-0.2, -0.15) is 0 Å². The molecule has 0 saturated heterocycles. The largest absolute Gasteiger partial charge is 0.493 e. The quantitative estimate of drug-likeness (QED) is 0.639. The standard InChI is InChI=1S/C16H23ClO2/c1-5-7-8-9-12(6-2)13-10-15(18-3)16(19-4)11-14(13)17/h7-8,10-12H,5-6,9H2,1-4H3/b8-7-. The molecule has 0 aromatic heterocycles. The maximum atomic E-state index is 6.36. The van der Waals surface area contributed by atoms with E-state index in [0.717, 1.165) is 35.6 Å². The van der Waals surface area contributed by atoms with E-state index in [0.29, 0.717) is 11.7 Å². The van der Waals surface area contributed by atoms with Gasteiger partial charge in [-0.05, 0) is 36.8 Å². The number of hydrogen-bond acceptors (Lipinski definition) is 2. The van der Waals surface area contributed by atoms with E-state index in [-0.39, 0.29) is 0 Å². The zero-order valence-electron chi connectivity index (χ0n) is 12.2. The van der Waals surface area contributed by atoms with E-state index in [9.17, 15) is 0 Å². The van der Waals surface area contributed by atoms with Crippen molar-refractivity contribution in [3.8, 4) is 11.5 Å². The van der Waals surface area contributed by atoms with Crippen molar-refractivity contribution in [2.75, 3.05) is 14.2 Å². The topological polar surface area (TPSA) is 18.5 Å². The molecule has 0 fully saturated rings. The summed E-state index contributed by atoms with van der Waals surface area (Å²) < 4.78 is 10.6. The highest BCUT2D eigenvalue weighted by Crippen LogP contribution is 2.38. The van der Waals surface area contributed by atoms with Gasteiger partial charge >= 0.3 is 0 Å². The van der Waals surface area contributed by atoms with Crippen LogP contribution in [0.3, 0.4) is 0 Å². The van der Waals surface area contributed by atoms with Crippen molar-refractivity contribution in [2.24, 2.45) is 0 Å². The molecule has 3 heteroatoms. The number of halogens is 1. The molecular weight excluding hydrogens is 260 g/mol. The van der Waals surface area contributed by atoms with Crippen LogP contribution in [-0.4, -0.2) is 14.2 Å². The Morgan fingerprint density at radius 1 is 1.11 bits per heavy atom. The molecule has 0 heterocycles. The zero-order valence-corrected chi connectivity index (χ0v) is 13.0. The van der Waals surface area contributed by atoms with Gasteiger partial charge in [-0.15, -0.1) is 0 Å². The van der Waals surface area contributed by atoms with Crippen molar-refractivity contribution < 1.29 is 9.47 Å². The molecule has 0 aliphatic carbocycles. The molecule has 1 aromatic rings. The van der Waals surface area contributed by atoms with Crippen molar-refractivity contribution in [1.82, 2.24) is 0 Å². The first kappa shape index (κ1) is 15.9. The van der Waals surface area contributed by atoms with Crippen molar-refractivity contribution in [3.05, 3.63) is 34.9 Å². The SMILES string of the molecule is CC/C=C\CC(CC)c1cc(OC)c(OC)cc1Cl. The first-order valence-electron chi connectivity index (χ1n) is 6.74. The zero-order chi connectivity index (χ0) is 14.3. The van der Waals surface area contributed by atoms with Gasteiger partial charge in [0.15, 0.2) is 11.5 Å². The van der Waals surface area contributed by atoms with Crippen molar-refractivity contribution in [1.29, 1.82) is 0 Å². The Morgan fingerprint density at radius 3 is 2.26 bits per heavy atom. The highest BCUT2D eigenvalue weighted by molar-refractivity contribution is 6.31. The summed E-state index contributed by atoms with van der Waals surface area (Å²) in [5, 5.41) is 0.745. The second-order valence-electron chi connectivity index (χ2n) is 4.45. The van der Waals surface area contributed by atoms with E-state index >= 15 is 0 Å². The number of allylic oxidation sites excluding steroid dienone is 2. The molecule has 0 N–H and O–H groups in total. The van der Waals surface area contributed by atoms with Crippen LogP contribution >= 0.6 is 11.6 Å². The maximum Gasteiger partial charge on any atom is 0.162 e. The molecule has 1 aromatic carbocycles. The number of ether oxygens (including phenoxy) is 2. The van der Waals surface area contributed by atoms with Crippen LogP contribution in [0.1, 0.15) is 44.6 Å². The molecule has 0 spiro atoms. The van der Waals surface area contributed by atoms with Gasteiger partial charge in [-0.25, -0.2) is 0 Å². The molecule has 106 valence electrons. The Hall–Kier alpha value is -1.15. The summed E-state index contributed by atoms with van der Waals surface area (Å²) in [7, 11) is 3.27. The van der Waals surface area contributed by atoms with Gasteiger partial charge in [0.25, 0.3) is 0 Å². The fraction of sp³-hybridized carbons (Fsp3) is 0.500. The van der Waals surface area contributed by atoms with Gasteiger partial charge in [0.1, 0.15) is 0 Å². The van der Waals surface area contributed by atoms with E-state index in [2.05, 4.69) is 26.0 Å². The van der Waals surface area contributed by atoms with Gasteiger partial charge < -0.3 is 9.47 Å². The average molecular weight is 283 g/mol. The van der Waals surface area contributed by atoms with Crippen LogP contribution in [0.2, 0.25) is 5.02 Å². The number of benzene rings is 1. The maximum absolute atomic E-state index is 6.36. The van der Waals surface area contributed by atoms with Gasteiger partial charge in [-0.1, -0.05) is 37.6 Å². The van der Waals surface area contributed by atoms with Crippen LogP contribution in [0.4, 0.5) is 0 Å². The molecule has 0 amide bonds. The molecular formula is C16H23ClO2. The summed E-state index contributed by atoms with van der Waals surface area (Å²) in [5.74, 6) is 1.82. The third-order valence-electron chi connectivity index (χ3n) is 3.26. The lowest BCUT2D eigenvalue weighted by Crippen LogP contribution is -2.00. The van der Waals surface area contributed by atoms with Crippen LogP contribution in [0.15, 0.2) is 24.3 Å². The molecule has 0 aliphatic heterocycles. The third kappa shape index (κ3) is 4.17. The molecule has 0 aliphatic rings. The molecule has 0 radical (unpaired) electrons. The summed E-state index contributed by atoms with van der Waals surface area (Å²) in [6, 6.07) is 3.83. The third-order valence-corrected chi connectivity index (χ3v) is 3.59. The monoisotopic (exact) mass is 282 g/mol. The van der Waals surface area contributed by atoms with Gasteiger partial charge in [0.05, 0.1) is 14.2 Å². The van der Waals surface area contributed by atoms with Crippen molar-refractivity contribution in [2.45, 2.75) is 39.0 Å². The highest BCUT2D eigenvalue weighted by atomic mass is 35.5. The number of rotatable bonds is 7. The van der Waals surface area contributed by atoms with Crippen molar-refractivity contribution in [3.63, 3.8) is 0 Å².